The Hall–Kier alpha value is -0.390. The molecule has 0 fully saturated rings. The number of ether oxygens (including phenoxy) is 1. The molecule has 120 valence electrons. The van der Waals surface area contributed by atoms with Gasteiger partial charge < -0.3 is 4.74 Å². The molecule has 0 N–H and O–H groups in total. The molecule has 0 saturated heterocycles. The van der Waals surface area contributed by atoms with E-state index in [9.17, 15) is 8.78 Å². The van der Waals surface area contributed by atoms with Gasteiger partial charge in [-0.15, -0.1) is 0 Å². The van der Waals surface area contributed by atoms with E-state index in [0.717, 1.165) is 14.9 Å². The van der Waals surface area contributed by atoms with Crippen molar-refractivity contribution in [2.75, 3.05) is 6.61 Å². The first-order valence-electron chi connectivity index (χ1n) is 7.18. The Morgan fingerprint density at radius 2 is 1.62 bits per heavy atom. The summed E-state index contributed by atoms with van der Waals surface area (Å²) in [5, 5.41) is 0. The zero-order valence-corrected chi connectivity index (χ0v) is 15.8. The predicted octanol–water partition coefficient (Wildman–Crippen LogP) is 5.92. The summed E-state index contributed by atoms with van der Waals surface area (Å²) < 4.78 is 31.3. The number of rotatable bonds is 4. The molecule has 0 saturated carbocycles. The van der Waals surface area contributed by atoms with Gasteiger partial charge in [-0.3, -0.25) is 0 Å². The number of alkyl halides is 2. The number of halogens is 3. The SMILES string of the molecule is CC(C)(C)c1cc(I)c(OCCC(F)F)c(C(C)(C)C)c1. The standard InChI is InChI=1S/C17H25F2IO/c1-16(2,3)11-9-12(17(4,5)6)15(13(20)10-11)21-8-7-14(18)19/h9-10,14H,7-8H2,1-6H3. The average Bonchev–Trinajstić information content (AvgIpc) is 2.27. The largest absolute Gasteiger partial charge is 0.492 e. The Bertz CT molecular complexity index is 485. The summed E-state index contributed by atoms with van der Waals surface area (Å²) in [7, 11) is 0. The van der Waals surface area contributed by atoms with Gasteiger partial charge in [-0.25, -0.2) is 8.78 Å². The van der Waals surface area contributed by atoms with Crippen LogP contribution in [0.2, 0.25) is 0 Å². The Kier molecular flexibility index (Phi) is 6.04. The summed E-state index contributed by atoms with van der Waals surface area (Å²) in [6.45, 7) is 12.9. The van der Waals surface area contributed by atoms with Crippen LogP contribution in [0.3, 0.4) is 0 Å². The van der Waals surface area contributed by atoms with Crippen molar-refractivity contribution in [3.8, 4) is 5.75 Å². The van der Waals surface area contributed by atoms with Crippen LogP contribution in [0.4, 0.5) is 8.78 Å². The summed E-state index contributed by atoms with van der Waals surface area (Å²) >= 11 is 2.24. The first-order chi connectivity index (χ1) is 9.43. The van der Waals surface area contributed by atoms with E-state index in [1.165, 1.54) is 5.56 Å². The summed E-state index contributed by atoms with van der Waals surface area (Å²) in [6, 6.07) is 4.24. The average molecular weight is 410 g/mol. The van der Waals surface area contributed by atoms with E-state index < -0.39 is 6.43 Å². The van der Waals surface area contributed by atoms with Crippen LogP contribution < -0.4 is 4.74 Å². The van der Waals surface area contributed by atoms with E-state index in [0.29, 0.717) is 0 Å². The Morgan fingerprint density at radius 1 is 1.05 bits per heavy atom. The second kappa shape index (κ2) is 6.80. The van der Waals surface area contributed by atoms with Crippen LogP contribution in [0.1, 0.15) is 59.1 Å². The van der Waals surface area contributed by atoms with E-state index >= 15 is 0 Å². The summed E-state index contributed by atoms with van der Waals surface area (Å²) in [5.74, 6) is 0.747. The third-order valence-corrected chi connectivity index (χ3v) is 4.10. The molecule has 0 unspecified atom stereocenters. The minimum absolute atomic E-state index is 0.0431. The van der Waals surface area contributed by atoms with Crippen molar-refractivity contribution in [1.82, 2.24) is 0 Å². The Morgan fingerprint density at radius 3 is 2.05 bits per heavy atom. The van der Waals surface area contributed by atoms with Crippen molar-refractivity contribution in [1.29, 1.82) is 0 Å². The van der Waals surface area contributed by atoms with Gasteiger partial charge in [-0.2, -0.15) is 0 Å². The van der Waals surface area contributed by atoms with Gasteiger partial charge in [-0.05, 0) is 45.1 Å². The van der Waals surface area contributed by atoms with E-state index in [2.05, 4.69) is 76.3 Å². The van der Waals surface area contributed by atoms with Crippen LogP contribution in [0.25, 0.3) is 0 Å². The maximum Gasteiger partial charge on any atom is 0.241 e. The molecular formula is C17H25F2IO. The minimum atomic E-state index is -2.32. The molecule has 0 heterocycles. The van der Waals surface area contributed by atoms with Crippen LogP contribution in [-0.4, -0.2) is 13.0 Å². The van der Waals surface area contributed by atoms with Crippen LogP contribution in [0.15, 0.2) is 12.1 Å². The summed E-state index contributed by atoms with van der Waals surface area (Å²) in [4.78, 5) is 0. The van der Waals surface area contributed by atoms with Gasteiger partial charge in [0.25, 0.3) is 0 Å². The van der Waals surface area contributed by atoms with E-state index in [4.69, 9.17) is 4.74 Å². The lowest BCUT2D eigenvalue weighted by molar-refractivity contribution is 0.113. The summed E-state index contributed by atoms with van der Waals surface area (Å²) in [6.07, 6.45) is -2.56. The highest BCUT2D eigenvalue weighted by Crippen LogP contribution is 2.39. The fourth-order valence-electron chi connectivity index (χ4n) is 1.98. The zero-order valence-electron chi connectivity index (χ0n) is 13.7. The smallest absolute Gasteiger partial charge is 0.241 e. The predicted molar refractivity (Wildman–Crippen MR) is 92.7 cm³/mol. The molecule has 1 rings (SSSR count). The van der Waals surface area contributed by atoms with Crippen molar-refractivity contribution in [2.24, 2.45) is 0 Å². The third-order valence-electron chi connectivity index (χ3n) is 3.30. The molecule has 0 aliphatic carbocycles. The van der Waals surface area contributed by atoms with Crippen molar-refractivity contribution in [3.05, 3.63) is 26.8 Å². The lowest BCUT2D eigenvalue weighted by Gasteiger charge is -2.28. The van der Waals surface area contributed by atoms with Crippen molar-refractivity contribution >= 4 is 22.6 Å². The van der Waals surface area contributed by atoms with Crippen molar-refractivity contribution < 1.29 is 13.5 Å². The molecule has 0 radical (unpaired) electrons. The lowest BCUT2D eigenvalue weighted by atomic mass is 9.80. The maximum atomic E-state index is 12.3. The highest BCUT2D eigenvalue weighted by atomic mass is 127. The molecule has 1 aromatic rings. The number of hydrogen-bond acceptors (Lipinski definition) is 1. The molecule has 0 amide bonds. The molecule has 1 aromatic carbocycles. The highest BCUT2D eigenvalue weighted by molar-refractivity contribution is 14.1. The van der Waals surface area contributed by atoms with Crippen LogP contribution >= 0.6 is 22.6 Å². The fourth-order valence-corrected chi connectivity index (χ4v) is 2.76. The molecule has 1 nitrogen and oxygen atoms in total. The minimum Gasteiger partial charge on any atom is -0.492 e. The quantitative estimate of drug-likeness (QED) is 0.560. The monoisotopic (exact) mass is 410 g/mol. The molecule has 0 aliphatic rings. The van der Waals surface area contributed by atoms with Crippen LogP contribution in [0, 0.1) is 3.57 Å². The molecule has 0 bridgehead atoms. The van der Waals surface area contributed by atoms with E-state index in [-0.39, 0.29) is 23.9 Å². The van der Waals surface area contributed by atoms with E-state index in [1.54, 1.807) is 0 Å². The van der Waals surface area contributed by atoms with Gasteiger partial charge in [-0.1, -0.05) is 47.6 Å². The molecular weight excluding hydrogens is 385 g/mol. The van der Waals surface area contributed by atoms with Gasteiger partial charge >= 0.3 is 0 Å². The Labute approximate surface area is 140 Å². The first-order valence-corrected chi connectivity index (χ1v) is 8.26. The first kappa shape index (κ1) is 18.7. The molecule has 21 heavy (non-hydrogen) atoms. The second-order valence-corrected chi connectivity index (χ2v) is 8.53. The van der Waals surface area contributed by atoms with Crippen LogP contribution in [-0.2, 0) is 10.8 Å². The van der Waals surface area contributed by atoms with Gasteiger partial charge in [0.15, 0.2) is 0 Å². The molecule has 4 heteroatoms. The highest BCUT2D eigenvalue weighted by Gasteiger charge is 2.25. The van der Waals surface area contributed by atoms with Gasteiger partial charge in [0.05, 0.1) is 10.2 Å². The normalized spacial score (nSPS) is 12.9. The molecule has 0 aromatic heterocycles. The van der Waals surface area contributed by atoms with Crippen molar-refractivity contribution in [2.45, 2.75) is 65.2 Å². The van der Waals surface area contributed by atoms with Gasteiger partial charge in [0.1, 0.15) is 5.75 Å². The molecule has 0 aliphatic heterocycles. The zero-order chi connectivity index (χ0) is 16.4. The maximum absolute atomic E-state index is 12.3. The summed E-state index contributed by atoms with van der Waals surface area (Å²) in [5.41, 5.74) is 2.26. The number of hydrogen-bond donors (Lipinski definition) is 0. The van der Waals surface area contributed by atoms with Gasteiger partial charge in [0.2, 0.25) is 6.43 Å². The van der Waals surface area contributed by atoms with Crippen LogP contribution in [0.5, 0.6) is 5.75 Å². The van der Waals surface area contributed by atoms with Gasteiger partial charge in [0, 0.05) is 12.0 Å². The lowest BCUT2D eigenvalue weighted by Crippen LogP contribution is -2.19. The topological polar surface area (TPSA) is 9.23 Å². The molecule has 0 spiro atoms. The fraction of sp³-hybridized carbons (Fsp3) is 0.647. The molecule has 0 atom stereocenters. The van der Waals surface area contributed by atoms with E-state index in [1.807, 2.05) is 0 Å². The van der Waals surface area contributed by atoms with Crippen molar-refractivity contribution in [3.63, 3.8) is 0 Å². The second-order valence-electron chi connectivity index (χ2n) is 7.36. The Balaban J connectivity index is 3.23. The third kappa shape index (κ3) is 5.38. The number of benzene rings is 1.